The Kier molecular flexibility index (Phi) is 6.32. The summed E-state index contributed by atoms with van der Waals surface area (Å²) in [4.78, 5) is 21.4. The van der Waals surface area contributed by atoms with E-state index in [9.17, 15) is 13.9 Å². The average Bonchev–Trinajstić information content (AvgIpc) is 3.37. The molecule has 10 heteroatoms. The van der Waals surface area contributed by atoms with E-state index in [2.05, 4.69) is 25.2 Å². The summed E-state index contributed by atoms with van der Waals surface area (Å²) in [5, 5.41) is 6.70. The number of halogens is 1. The lowest BCUT2D eigenvalue weighted by Crippen LogP contribution is -2.37. The molecule has 0 aliphatic carbocycles. The fraction of sp³-hybridized carbons (Fsp3) is 0.435. The number of nitrogens with one attached hydrogen (secondary N) is 2. The molecule has 33 heavy (non-hydrogen) atoms. The fourth-order valence-electron chi connectivity index (χ4n) is 4.72. The number of hydrogen-bond acceptors (Lipinski definition) is 6. The minimum absolute atomic E-state index is 0.0287. The number of benzene rings is 1. The van der Waals surface area contributed by atoms with Gasteiger partial charge in [-0.15, -0.1) is 0 Å². The van der Waals surface area contributed by atoms with E-state index in [-0.39, 0.29) is 17.7 Å². The molecule has 0 radical (unpaired) electrons. The highest BCUT2D eigenvalue weighted by Crippen LogP contribution is 2.48. The third-order valence-corrected chi connectivity index (χ3v) is 8.71. The Balaban J connectivity index is 1.39. The van der Waals surface area contributed by atoms with E-state index in [1.807, 2.05) is 24.3 Å². The topological polar surface area (TPSA) is 112 Å². The van der Waals surface area contributed by atoms with Gasteiger partial charge in [0, 0.05) is 36.4 Å². The van der Waals surface area contributed by atoms with Gasteiger partial charge in [0.25, 0.3) is 0 Å². The minimum atomic E-state index is -2.43. The summed E-state index contributed by atoms with van der Waals surface area (Å²) in [5.41, 5.74) is 3.52. The van der Waals surface area contributed by atoms with Crippen molar-refractivity contribution in [1.29, 1.82) is 0 Å². The standard InChI is InChI=1S/C23H28ClN5O3S/c24-19-11-26-22(28-23(30)17-2-1-6-25-10-17)9-18(19)16-3-4-20-21(8-16)29(14-27-20)12-15-5-7-33(31,32)13-15/h3-4,8-9,11,14-15,17,25,31-32H,1-2,5-7,10,12-13H2,(H,26,28,30)/t15?,17-/m1/s1. The van der Waals surface area contributed by atoms with Crippen LogP contribution in [0.4, 0.5) is 5.82 Å². The Labute approximate surface area is 199 Å². The highest BCUT2D eigenvalue weighted by atomic mass is 35.5. The van der Waals surface area contributed by atoms with Crippen molar-refractivity contribution in [3.63, 3.8) is 0 Å². The number of rotatable bonds is 5. The van der Waals surface area contributed by atoms with E-state index in [1.54, 1.807) is 12.5 Å². The second-order valence-electron chi connectivity index (χ2n) is 9.01. The highest BCUT2D eigenvalue weighted by Gasteiger charge is 2.28. The molecule has 5 rings (SSSR count). The van der Waals surface area contributed by atoms with Crippen LogP contribution in [0.1, 0.15) is 19.3 Å². The molecule has 2 atom stereocenters. The van der Waals surface area contributed by atoms with Gasteiger partial charge in [-0.2, -0.15) is 10.6 Å². The summed E-state index contributed by atoms with van der Waals surface area (Å²) < 4.78 is 22.0. The van der Waals surface area contributed by atoms with Crippen LogP contribution in [0.15, 0.2) is 36.8 Å². The normalized spacial score (nSPS) is 23.5. The molecule has 1 unspecified atom stereocenters. The first kappa shape index (κ1) is 22.6. The van der Waals surface area contributed by atoms with Crippen LogP contribution in [0, 0.1) is 11.8 Å². The molecule has 0 bridgehead atoms. The van der Waals surface area contributed by atoms with Crippen molar-refractivity contribution >= 4 is 44.9 Å². The summed E-state index contributed by atoms with van der Waals surface area (Å²) in [5.74, 6) is 1.54. The molecule has 0 saturated carbocycles. The van der Waals surface area contributed by atoms with E-state index in [4.69, 9.17) is 11.6 Å². The van der Waals surface area contributed by atoms with Crippen LogP contribution in [0.5, 0.6) is 0 Å². The fourth-order valence-corrected chi connectivity index (χ4v) is 6.84. The van der Waals surface area contributed by atoms with Gasteiger partial charge < -0.3 is 15.2 Å². The zero-order chi connectivity index (χ0) is 23.0. The maximum atomic E-state index is 12.6. The van der Waals surface area contributed by atoms with Crippen molar-refractivity contribution in [3.8, 4) is 11.1 Å². The zero-order valence-electron chi connectivity index (χ0n) is 18.2. The molecule has 8 nitrogen and oxygen atoms in total. The van der Waals surface area contributed by atoms with Crippen LogP contribution >= 0.6 is 22.2 Å². The Hall–Kier alpha value is -2.17. The molecular formula is C23H28ClN5O3S. The largest absolute Gasteiger partial charge is 0.330 e. The van der Waals surface area contributed by atoms with Gasteiger partial charge in [0.05, 0.1) is 28.3 Å². The van der Waals surface area contributed by atoms with Gasteiger partial charge in [0.1, 0.15) is 5.82 Å². The second-order valence-corrected chi connectivity index (χ2v) is 11.8. The number of fused-ring (bicyclic) bond motifs is 1. The van der Waals surface area contributed by atoms with Crippen molar-refractivity contribution in [2.24, 2.45) is 11.8 Å². The Bertz CT molecular complexity index is 1180. The maximum absolute atomic E-state index is 12.6. The lowest BCUT2D eigenvalue weighted by molar-refractivity contribution is -0.120. The minimum Gasteiger partial charge on any atom is -0.330 e. The zero-order valence-corrected chi connectivity index (χ0v) is 19.8. The first-order chi connectivity index (χ1) is 15.9. The molecule has 176 valence electrons. The molecule has 2 aromatic heterocycles. The highest BCUT2D eigenvalue weighted by molar-refractivity contribution is 8.24. The van der Waals surface area contributed by atoms with Crippen LogP contribution in [-0.2, 0) is 11.3 Å². The van der Waals surface area contributed by atoms with Crippen molar-refractivity contribution in [2.45, 2.75) is 25.8 Å². The number of aromatic nitrogens is 3. The van der Waals surface area contributed by atoms with Crippen molar-refractivity contribution in [3.05, 3.63) is 41.8 Å². The smallest absolute Gasteiger partial charge is 0.229 e. The van der Waals surface area contributed by atoms with Crippen molar-refractivity contribution in [1.82, 2.24) is 19.9 Å². The number of carbonyl (C=O) groups excluding carboxylic acids is 1. The van der Waals surface area contributed by atoms with E-state index in [0.717, 1.165) is 48.0 Å². The third kappa shape index (κ3) is 5.02. The predicted octanol–water partition coefficient (Wildman–Crippen LogP) is 4.46. The van der Waals surface area contributed by atoms with Crippen LogP contribution in [0.25, 0.3) is 22.2 Å². The van der Waals surface area contributed by atoms with Gasteiger partial charge in [-0.25, -0.2) is 9.97 Å². The maximum Gasteiger partial charge on any atom is 0.229 e. The number of pyridine rings is 1. The number of carbonyl (C=O) groups is 1. The van der Waals surface area contributed by atoms with E-state index in [1.165, 1.54) is 0 Å². The van der Waals surface area contributed by atoms with Gasteiger partial charge in [-0.3, -0.25) is 13.9 Å². The number of piperidine rings is 1. The molecule has 2 aliphatic rings. The lowest BCUT2D eigenvalue weighted by atomic mass is 9.99. The summed E-state index contributed by atoms with van der Waals surface area (Å²) in [6, 6.07) is 7.76. The Morgan fingerprint density at radius 3 is 2.91 bits per heavy atom. The average molecular weight is 490 g/mol. The van der Waals surface area contributed by atoms with Crippen LogP contribution in [-0.4, -0.2) is 54.1 Å². The summed E-state index contributed by atoms with van der Waals surface area (Å²) >= 11 is 6.49. The molecule has 4 N–H and O–H groups in total. The molecule has 2 aliphatic heterocycles. The SMILES string of the molecule is O=C(Nc1cc(-c2ccc3ncn(CC4CCS(O)(O)C4)c3c2)c(Cl)cn1)[C@@H]1CCCNC1. The number of amides is 1. The van der Waals surface area contributed by atoms with E-state index < -0.39 is 10.6 Å². The van der Waals surface area contributed by atoms with E-state index >= 15 is 0 Å². The first-order valence-corrected chi connectivity index (χ1v) is 13.5. The van der Waals surface area contributed by atoms with E-state index in [0.29, 0.717) is 35.4 Å². The van der Waals surface area contributed by atoms with Gasteiger partial charge in [0.2, 0.25) is 5.91 Å². The molecular weight excluding hydrogens is 462 g/mol. The monoisotopic (exact) mass is 489 g/mol. The Morgan fingerprint density at radius 1 is 1.27 bits per heavy atom. The quantitative estimate of drug-likeness (QED) is 0.421. The number of anilines is 1. The molecule has 1 aromatic carbocycles. The summed E-state index contributed by atoms with van der Waals surface area (Å²) in [7, 11) is -2.43. The van der Waals surface area contributed by atoms with Crippen LogP contribution in [0.3, 0.4) is 0 Å². The van der Waals surface area contributed by atoms with Gasteiger partial charge in [-0.05, 0) is 55.5 Å². The molecule has 2 saturated heterocycles. The Morgan fingerprint density at radius 2 is 2.15 bits per heavy atom. The molecule has 2 fully saturated rings. The molecule has 3 aromatic rings. The third-order valence-electron chi connectivity index (χ3n) is 6.52. The summed E-state index contributed by atoms with van der Waals surface area (Å²) in [6.45, 7) is 2.33. The number of imidazole rings is 1. The number of nitrogens with zero attached hydrogens (tertiary/aromatic N) is 3. The van der Waals surface area contributed by atoms with Crippen molar-refractivity contribution in [2.75, 3.05) is 29.9 Å². The molecule has 4 heterocycles. The van der Waals surface area contributed by atoms with Crippen LogP contribution < -0.4 is 10.6 Å². The van der Waals surface area contributed by atoms with Gasteiger partial charge >= 0.3 is 0 Å². The first-order valence-electron chi connectivity index (χ1n) is 11.2. The lowest BCUT2D eigenvalue weighted by Gasteiger charge is -2.26. The summed E-state index contributed by atoms with van der Waals surface area (Å²) in [6.07, 6.45) is 6.03. The van der Waals surface area contributed by atoms with Crippen molar-refractivity contribution < 1.29 is 13.9 Å². The van der Waals surface area contributed by atoms with Crippen LogP contribution in [0.2, 0.25) is 5.02 Å². The van der Waals surface area contributed by atoms with Gasteiger partial charge in [0.15, 0.2) is 0 Å². The second kappa shape index (κ2) is 9.23. The predicted molar refractivity (Wildman–Crippen MR) is 133 cm³/mol. The van der Waals surface area contributed by atoms with Gasteiger partial charge in [-0.1, -0.05) is 17.7 Å². The molecule has 1 amide bonds. The molecule has 0 spiro atoms. The number of hydrogen-bond donors (Lipinski definition) is 4.